The van der Waals surface area contributed by atoms with Gasteiger partial charge in [-0.05, 0) is 59.3 Å². The Morgan fingerprint density at radius 1 is 0.513 bits per heavy atom. The molecule has 0 aliphatic carbocycles. The standard InChI is InChI=1S/C35H22N2O2/c1-3-11-24(12-4-1)35-36-30-21-29-28-16-9-17-31(34(28)38-32(29)22-33(30)39-35)37(26-14-5-2-6-15-26)27-19-18-23-10-7-8-13-25(23)20-27/h1-22H. The summed E-state index contributed by atoms with van der Waals surface area (Å²) < 4.78 is 12.7. The van der Waals surface area contributed by atoms with Crippen molar-refractivity contribution in [3.8, 4) is 11.5 Å². The molecule has 0 amide bonds. The Morgan fingerprint density at radius 3 is 2.13 bits per heavy atom. The fourth-order valence-electron chi connectivity index (χ4n) is 5.40. The maximum absolute atomic E-state index is 6.59. The summed E-state index contributed by atoms with van der Waals surface area (Å²) in [4.78, 5) is 7.04. The van der Waals surface area contributed by atoms with Gasteiger partial charge in [-0.3, -0.25) is 0 Å². The van der Waals surface area contributed by atoms with Gasteiger partial charge in [0.05, 0.1) is 5.69 Å². The predicted octanol–water partition coefficient (Wildman–Crippen LogP) is 10.0. The summed E-state index contributed by atoms with van der Waals surface area (Å²) in [5, 5.41) is 4.45. The topological polar surface area (TPSA) is 42.4 Å². The van der Waals surface area contributed by atoms with Gasteiger partial charge in [-0.1, -0.05) is 78.9 Å². The second-order valence-corrected chi connectivity index (χ2v) is 9.66. The van der Waals surface area contributed by atoms with Crippen molar-refractivity contribution in [1.29, 1.82) is 0 Å². The van der Waals surface area contributed by atoms with Crippen LogP contribution in [-0.2, 0) is 0 Å². The largest absolute Gasteiger partial charge is 0.454 e. The number of rotatable bonds is 4. The zero-order valence-corrected chi connectivity index (χ0v) is 20.9. The lowest BCUT2D eigenvalue weighted by Crippen LogP contribution is -2.10. The molecule has 2 heterocycles. The van der Waals surface area contributed by atoms with Gasteiger partial charge < -0.3 is 13.7 Å². The molecule has 2 aromatic heterocycles. The highest BCUT2D eigenvalue weighted by atomic mass is 16.4. The highest BCUT2D eigenvalue weighted by Gasteiger charge is 2.20. The molecule has 184 valence electrons. The normalized spacial score (nSPS) is 11.6. The minimum Gasteiger partial charge on any atom is -0.454 e. The summed E-state index contributed by atoms with van der Waals surface area (Å²) in [7, 11) is 0. The molecule has 0 aliphatic rings. The van der Waals surface area contributed by atoms with E-state index in [1.54, 1.807) is 0 Å². The molecule has 4 nitrogen and oxygen atoms in total. The molecule has 6 aromatic carbocycles. The molecule has 0 atom stereocenters. The van der Waals surface area contributed by atoms with Crippen LogP contribution in [0.1, 0.15) is 0 Å². The number of furan rings is 1. The van der Waals surface area contributed by atoms with Crippen molar-refractivity contribution >= 4 is 60.9 Å². The van der Waals surface area contributed by atoms with Gasteiger partial charge in [-0.25, -0.2) is 4.98 Å². The van der Waals surface area contributed by atoms with E-state index in [0.29, 0.717) is 11.5 Å². The minimum atomic E-state index is 0.606. The van der Waals surface area contributed by atoms with Crippen molar-refractivity contribution in [2.75, 3.05) is 4.90 Å². The van der Waals surface area contributed by atoms with E-state index < -0.39 is 0 Å². The van der Waals surface area contributed by atoms with Crippen molar-refractivity contribution in [3.05, 3.63) is 133 Å². The number of aromatic nitrogens is 1. The number of hydrogen-bond acceptors (Lipinski definition) is 4. The summed E-state index contributed by atoms with van der Waals surface area (Å²) in [6, 6.07) is 45.7. The van der Waals surface area contributed by atoms with E-state index >= 15 is 0 Å². The molecule has 0 saturated heterocycles. The molecule has 0 saturated carbocycles. The first-order chi connectivity index (χ1) is 19.3. The third-order valence-electron chi connectivity index (χ3n) is 7.25. The van der Waals surface area contributed by atoms with E-state index in [2.05, 4.69) is 95.9 Å². The molecule has 8 aromatic rings. The lowest BCUT2D eigenvalue weighted by molar-refractivity contribution is 0.617. The third-order valence-corrected chi connectivity index (χ3v) is 7.25. The molecule has 39 heavy (non-hydrogen) atoms. The van der Waals surface area contributed by atoms with Gasteiger partial charge in [-0.2, -0.15) is 0 Å². The molecule has 8 rings (SSSR count). The van der Waals surface area contributed by atoms with Crippen LogP contribution in [0.5, 0.6) is 0 Å². The number of nitrogens with zero attached hydrogens (tertiary/aromatic N) is 2. The Labute approximate surface area is 224 Å². The monoisotopic (exact) mass is 502 g/mol. The molecule has 0 spiro atoms. The van der Waals surface area contributed by atoms with Crippen molar-refractivity contribution in [3.63, 3.8) is 0 Å². The van der Waals surface area contributed by atoms with Crippen LogP contribution >= 0.6 is 0 Å². The highest BCUT2D eigenvalue weighted by Crippen LogP contribution is 2.43. The molecule has 0 unspecified atom stereocenters. The van der Waals surface area contributed by atoms with Crippen LogP contribution in [0, 0.1) is 0 Å². The van der Waals surface area contributed by atoms with Gasteiger partial charge in [0.2, 0.25) is 5.89 Å². The van der Waals surface area contributed by atoms with Crippen LogP contribution < -0.4 is 4.90 Å². The van der Waals surface area contributed by atoms with E-state index in [9.17, 15) is 0 Å². The maximum atomic E-state index is 6.59. The van der Waals surface area contributed by atoms with Crippen LogP contribution in [0.2, 0.25) is 0 Å². The SMILES string of the molecule is c1ccc(-c2nc3cc4c(cc3o2)oc2c(N(c3ccccc3)c3ccc5ccccc5c3)cccc24)cc1. The third kappa shape index (κ3) is 3.57. The second-order valence-electron chi connectivity index (χ2n) is 9.66. The van der Waals surface area contributed by atoms with Crippen molar-refractivity contribution in [2.45, 2.75) is 0 Å². The molecular weight excluding hydrogens is 480 g/mol. The van der Waals surface area contributed by atoms with Crippen molar-refractivity contribution < 1.29 is 8.83 Å². The molecular formula is C35H22N2O2. The molecule has 0 bridgehead atoms. The van der Waals surface area contributed by atoms with Crippen LogP contribution in [0.4, 0.5) is 17.1 Å². The Balaban J connectivity index is 1.34. The van der Waals surface area contributed by atoms with Gasteiger partial charge in [0, 0.05) is 33.8 Å². The van der Waals surface area contributed by atoms with E-state index in [0.717, 1.165) is 50.1 Å². The quantitative estimate of drug-likeness (QED) is 0.240. The fraction of sp³-hybridized carbons (Fsp3) is 0. The van der Waals surface area contributed by atoms with Crippen molar-refractivity contribution in [1.82, 2.24) is 4.98 Å². The van der Waals surface area contributed by atoms with E-state index in [1.165, 1.54) is 10.8 Å². The predicted molar refractivity (Wildman–Crippen MR) is 159 cm³/mol. The van der Waals surface area contributed by atoms with Gasteiger partial charge in [0.25, 0.3) is 0 Å². The van der Waals surface area contributed by atoms with Gasteiger partial charge in [0.15, 0.2) is 11.2 Å². The molecule has 4 heteroatoms. The Hall–Kier alpha value is -5.35. The average Bonchev–Trinajstić information content (AvgIpc) is 3.58. The number of oxazole rings is 1. The molecule has 0 radical (unpaired) electrons. The lowest BCUT2D eigenvalue weighted by Gasteiger charge is -2.25. The van der Waals surface area contributed by atoms with E-state index in [-0.39, 0.29) is 0 Å². The minimum absolute atomic E-state index is 0.606. The summed E-state index contributed by atoms with van der Waals surface area (Å²) >= 11 is 0. The summed E-state index contributed by atoms with van der Waals surface area (Å²) in [6.45, 7) is 0. The number of para-hydroxylation sites is 2. The summed E-state index contributed by atoms with van der Waals surface area (Å²) in [5.41, 5.74) is 7.15. The van der Waals surface area contributed by atoms with Crippen LogP contribution in [0.15, 0.2) is 142 Å². The summed E-state index contributed by atoms with van der Waals surface area (Å²) in [6.07, 6.45) is 0. The van der Waals surface area contributed by atoms with Crippen LogP contribution in [0.3, 0.4) is 0 Å². The first-order valence-corrected chi connectivity index (χ1v) is 13.0. The second kappa shape index (κ2) is 8.61. The number of hydrogen-bond donors (Lipinski definition) is 0. The molecule has 0 N–H and O–H groups in total. The first-order valence-electron chi connectivity index (χ1n) is 13.0. The first kappa shape index (κ1) is 21.7. The Kier molecular flexibility index (Phi) is 4.79. The van der Waals surface area contributed by atoms with Gasteiger partial charge >= 0.3 is 0 Å². The van der Waals surface area contributed by atoms with E-state index in [1.807, 2.05) is 42.5 Å². The number of fused-ring (bicyclic) bond motifs is 5. The van der Waals surface area contributed by atoms with Gasteiger partial charge in [0.1, 0.15) is 11.1 Å². The zero-order valence-electron chi connectivity index (χ0n) is 20.9. The van der Waals surface area contributed by atoms with Crippen LogP contribution in [-0.4, -0.2) is 4.98 Å². The van der Waals surface area contributed by atoms with Gasteiger partial charge in [-0.15, -0.1) is 0 Å². The van der Waals surface area contributed by atoms with Crippen LogP contribution in [0.25, 0.3) is 55.3 Å². The maximum Gasteiger partial charge on any atom is 0.227 e. The number of benzene rings is 6. The molecule has 0 fully saturated rings. The fourth-order valence-corrected chi connectivity index (χ4v) is 5.40. The van der Waals surface area contributed by atoms with Crippen molar-refractivity contribution in [2.24, 2.45) is 0 Å². The Morgan fingerprint density at radius 2 is 1.28 bits per heavy atom. The number of anilines is 3. The zero-order chi connectivity index (χ0) is 25.8. The average molecular weight is 503 g/mol. The summed E-state index contributed by atoms with van der Waals surface area (Å²) in [5.74, 6) is 0.606. The van der Waals surface area contributed by atoms with E-state index in [4.69, 9.17) is 13.8 Å². The lowest BCUT2D eigenvalue weighted by atomic mass is 10.1. The smallest absolute Gasteiger partial charge is 0.227 e. The molecule has 0 aliphatic heterocycles. The highest BCUT2D eigenvalue weighted by molar-refractivity contribution is 6.13. The Bertz CT molecular complexity index is 2130.